The van der Waals surface area contributed by atoms with Gasteiger partial charge in [-0.05, 0) is 31.9 Å². The Balaban J connectivity index is 1.67. The maximum Gasteiger partial charge on any atom is 0.295 e. The summed E-state index contributed by atoms with van der Waals surface area (Å²) in [4.78, 5) is 42.5. The minimum absolute atomic E-state index is 0.0462. The van der Waals surface area contributed by atoms with E-state index in [-0.39, 0.29) is 11.3 Å². The average molecular weight is 438 g/mol. The minimum Gasteiger partial charge on any atom is -0.507 e. The number of ether oxygens (including phenoxy) is 1. The summed E-state index contributed by atoms with van der Waals surface area (Å²) in [5.41, 5.74) is 1.60. The number of aliphatic hydroxyl groups is 1. The molecule has 1 unspecified atom stereocenters. The third-order valence-electron chi connectivity index (χ3n) is 5.87. The van der Waals surface area contributed by atoms with Gasteiger partial charge >= 0.3 is 0 Å². The van der Waals surface area contributed by atoms with Crippen LogP contribution in [0.3, 0.4) is 0 Å². The third-order valence-corrected chi connectivity index (χ3v) is 5.87. The Labute approximate surface area is 186 Å². The number of hydrogen-bond donors (Lipinski definition) is 1. The molecule has 0 aliphatic carbocycles. The number of rotatable bonds is 6. The summed E-state index contributed by atoms with van der Waals surface area (Å²) in [6.45, 7) is 7.81. The van der Waals surface area contributed by atoms with Crippen LogP contribution < -0.4 is 0 Å². The number of pyridine rings is 1. The van der Waals surface area contributed by atoms with E-state index in [1.54, 1.807) is 32.3 Å². The van der Waals surface area contributed by atoms with Gasteiger partial charge in [-0.3, -0.25) is 19.5 Å². The standard InChI is InChI=1S/C23H27N5O4/c1-15-18(14-25-16(2)26-15)21(29)19-20(17-5-3-6-24-13-17)28(23(31)22(19)30)8-4-7-27-9-11-32-12-10-27/h3,5-6,13-14,20,29H,4,7-12H2,1-2H3. The molecule has 1 atom stereocenters. The molecule has 4 heterocycles. The van der Waals surface area contributed by atoms with E-state index in [1.807, 2.05) is 6.07 Å². The lowest BCUT2D eigenvalue weighted by Crippen LogP contribution is -2.39. The van der Waals surface area contributed by atoms with E-state index in [0.29, 0.717) is 48.8 Å². The molecule has 9 nitrogen and oxygen atoms in total. The second-order valence-electron chi connectivity index (χ2n) is 8.00. The van der Waals surface area contributed by atoms with Crippen molar-refractivity contribution >= 4 is 17.4 Å². The smallest absolute Gasteiger partial charge is 0.295 e. The van der Waals surface area contributed by atoms with Gasteiger partial charge in [0.15, 0.2) is 0 Å². The van der Waals surface area contributed by atoms with Crippen molar-refractivity contribution in [2.75, 3.05) is 39.4 Å². The molecule has 2 aromatic heterocycles. The molecule has 9 heteroatoms. The Morgan fingerprint density at radius 2 is 1.97 bits per heavy atom. The Kier molecular flexibility index (Phi) is 6.57. The van der Waals surface area contributed by atoms with Gasteiger partial charge in [0, 0.05) is 44.8 Å². The van der Waals surface area contributed by atoms with E-state index in [1.165, 1.54) is 11.1 Å². The van der Waals surface area contributed by atoms with Gasteiger partial charge in [-0.1, -0.05) is 6.07 Å². The zero-order chi connectivity index (χ0) is 22.7. The van der Waals surface area contributed by atoms with Crippen LogP contribution in [0, 0.1) is 13.8 Å². The van der Waals surface area contributed by atoms with Crippen molar-refractivity contribution in [1.29, 1.82) is 0 Å². The average Bonchev–Trinajstić information content (AvgIpc) is 3.05. The highest BCUT2D eigenvalue weighted by molar-refractivity contribution is 6.46. The first kappa shape index (κ1) is 22.0. The molecule has 2 saturated heterocycles. The van der Waals surface area contributed by atoms with E-state index in [2.05, 4.69) is 19.9 Å². The predicted molar refractivity (Wildman–Crippen MR) is 117 cm³/mol. The quantitative estimate of drug-likeness (QED) is 0.413. The number of carbonyl (C=O) groups excluding carboxylic acids is 2. The van der Waals surface area contributed by atoms with Crippen molar-refractivity contribution in [3.63, 3.8) is 0 Å². The zero-order valence-corrected chi connectivity index (χ0v) is 18.3. The second kappa shape index (κ2) is 9.54. The highest BCUT2D eigenvalue weighted by atomic mass is 16.5. The topological polar surface area (TPSA) is 109 Å². The normalized spacial score (nSPS) is 21.3. The fraction of sp³-hybridized carbons (Fsp3) is 0.435. The molecule has 0 saturated carbocycles. The fourth-order valence-electron chi connectivity index (χ4n) is 4.25. The highest BCUT2D eigenvalue weighted by Gasteiger charge is 2.46. The number of aromatic nitrogens is 3. The molecule has 0 bridgehead atoms. The van der Waals surface area contributed by atoms with E-state index in [9.17, 15) is 14.7 Å². The van der Waals surface area contributed by atoms with Gasteiger partial charge in [-0.2, -0.15) is 0 Å². The van der Waals surface area contributed by atoms with E-state index in [4.69, 9.17) is 4.74 Å². The number of carbonyl (C=O) groups is 2. The number of morpholine rings is 1. The van der Waals surface area contributed by atoms with Crippen molar-refractivity contribution in [3.8, 4) is 0 Å². The highest BCUT2D eigenvalue weighted by Crippen LogP contribution is 2.39. The zero-order valence-electron chi connectivity index (χ0n) is 18.3. The summed E-state index contributed by atoms with van der Waals surface area (Å²) in [6, 6.07) is 2.85. The number of Topliss-reactive ketones (excluding diaryl/α,β-unsaturated/α-hetero) is 1. The molecule has 1 amide bonds. The summed E-state index contributed by atoms with van der Waals surface area (Å²) < 4.78 is 5.38. The fourth-order valence-corrected chi connectivity index (χ4v) is 4.25. The first-order chi connectivity index (χ1) is 15.5. The van der Waals surface area contributed by atoms with Crippen molar-refractivity contribution in [2.45, 2.75) is 26.3 Å². The Morgan fingerprint density at radius 3 is 2.66 bits per heavy atom. The molecule has 1 N–H and O–H groups in total. The van der Waals surface area contributed by atoms with Crippen LogP contribution in [0.4, 0.5) is 0 Å². The summed E-state index contributed by atoms with van der Waals surface area (Å²) in [6.07, 6.45) is 5.44. The second-order valence-corrected chi connectivity index (χ2v) is 8.00. The summed E-state index contributed by atoms with van der Waals surface area (Å²) >= 11 is 0. The molecule has 2 fully saturated rings. The van der Waals surface area contributed by atoms with Gasteiger partial charge in [0.25, 0.3) is 11.7 Å². The van der Waals surface area contributed by atoms with Crippen LogP contribution in [0.15, 0.2) is 36.3 Å². The minimum atomic E-state index is -0.714. The molecule has 0 radical (unpaired) electrons. The van der Waals surface area contributed by atoms with Crippen molar-refractivity contribution in [1.82, 2.24) is 24.8 Å². The van der Waals surface area contributed by atoms with Gasteiger partial charge in [-0.15, -0.1) is 0 Å². The summed E-state index contributed by atoms with van der Waals surface area (Å²) in [5.74, 6) is -1.02. The largest absolute Gasteiger partial charge is 0.507 e. The van der Waals surface area contributed by atoms with Gasteiger partial charge in [0.05, 0.1) is 36.1 Å². The number of likely N-dealkylation sites (tertiary alicyclic amines) is 1. The van der Waals surface area contributed by atoms with Crippen LogP contribution in [0.1, 0.15) is 35.1 Å². The van der Waals surface area contributed by atoms with Crippen LogP contribution in [0.2, 0.25) is 0 Å². The third kappa shape index (κ3) is 4.39. The van der Waals surface area contributed by atoms with Crippen LogP contribution in [-0.2, 0) is 14.3 Å². The van der Waals surface area contributed by atoms with E-state index < -0.39 is 17.7 Å². The van der Waals surface area contributed by atoms with Gasteiger partial charge in [0.1, 0.15) is 11.6 Å². The maximum absolute atomic E-state index is 13.1. The lowest BCUT2D eigenvalue weighted by Gasteiger charge is -2.29. The molecule has 2 aliphatic heterocycles. The monoisotopic (exact) mass is 437 g/mol. The lowest BCUT2D eigenvalue weighted by molar-refractivity contribution is -0.140. The number of nitrogens with zero attached hydrogens (tertiary/aromatic N) is 5. The first-order valence-electron chi connectivity index (χ1n) is 10.8. The maximum atomic E-state index is 13.1. The molecular weight excluding hydrogens is 410 g/mol. The molecule has 2 aromatic rings. The molecule has 0 aromatic carbocycles. The lowest BCUT2D eigenvalue weighted by atomic mass is 9.96. The van der Waals surface area contributed by atoms with Crippen molar-refractivity contribution in [3.05, 3.63) is 58.9 Å². The van der Waals surface area contributed by atoms with Gasteiger partial charge in [0.2, 0.25) is 0 Å². The van der Waals surface area contributed by atoms with Gasteiger partial charge < -0.3 is 14.7 Å². The number of aryl methyl sites for hydroxylation is 2. The summed E-state index contributed by atoms with van der Waals surface area (Å²) in [7, 11) is 0. The molecule has 4 rings (SSSR count). The Hall–Kier alpha value is -3.17. The predicted octanol–water partition coefficient (Wildman–Crippen LogP) is 1.63. The SMILES string of the molecule is Cc1ncc(C(O)=C2C(=O)C(=O)N(CCCN3CCOCC3)C2c2cccnc2)c(C)n1. The van der Waals surface area contributed by atoms with Gasteiger partial charge in [-0.25, -0.2) is 9.97 Å². The van der Waals surface area contributed by atoms with Crippen LogP contribution in [0.5, 0.6) is 0 Å². The van der Waals surface area contributed by atoms with Crippen LogP contribution in [-0.4, -0.2) is 80.9 Å². The number of hydrogen-bond acceptors (Lipinski definition) is 8. The van der Waals surface area contributed by atoms with Crippen LogP contribution in [0.25, 0.3) is 5.76 Å². The number of amides is 1. The Bertz CT molecular complexity index is 1030. The van der Waals surface area contributed by atoms with E-state index in [0.717, 1.165) is 19.6 Å². The number of ketones is 1. The first-order valence-corrected chi connectivity index (χ1v) is 10.8. The van der Waals surface area contributed by atoms with E-state index >= 15 is 0 Å². The van der Waals surface area contributed by atoms with Crippen molar-refractivity contribution < 1.29 is 19.4 Å². The molecular formula is C23H27N5O4. The summed E-state index contributed by atoms with van der Waals surface area (Å²) in [5, 5.41) is 11.1. The molecule has 2 aliphatic rings. The molecule has 32 heavy (non-hydrogen) atoms. The molecule has 168 valence electrons. The number of aliphatic hydroxyl groups excluding tert-OH is 1. The molecule has 0 spiro atoms. The van der Waals surface area contributed by atoms with Crippen LogP contribution >= 0.6 is 0 Å². The van der Waals surface area contributed by atoms with Crippen molar-refractivity contribution in [2.24, 2.45) is 0 Å². The Morgan fingerprint density at radius 1 is 1.19 bits per heavy atom.